The highest BCUT2D eigenvalue weighted by atomic mass is 15.2. The topological polar surface area (TPSA) is 50.7 Å². The van der Waals surface area contributed by atoms with Crippen molar-refractivity contribution in [3.05, 3.63) is 60.7 Å². The number of hydrogen-bond donors (Lipinski definition) is 1. The molecule has 3 rings (SSSR count). The summed E-state index contributed by atoms with van der Waals surface area (Å²) in [5.41, 5.74) is 3.55. The molecule has 112 valence electrons. The zero-order valence-electron chi connectivity index (χ0n) is 12.6. The Labute approximate surface area is 135 Å². The van der Waals surface area contributed by atoms with E-state index in [2.05, 4.69) is 26.4 Å². The van der Waals surface area contributed by atoms with Crippen LogP contribution in [0.1, 0.15) is 6.42 Å². The molecular formula is C19H16N4. The van der Waals surface area contributed by atoms with Crippen molar-refractivity contribution < 1.29 is 0 Å². The monoisotopic (exact) mass is 300 g/mol. The van der Waals surface area contributed by atoms with Crippen LogP contribution in [-0.4, -0.2) is 21.7 Å². The Hall–Kier alpha value is -3.19. The minimum absolute atomic E-state index is 0.485. The molecule has 0 spiro atoms. The van der Waals surface area contributed by atoms with Gasteiger partial charge in [0.2, 0.25) is 5.95 Å². The Bertz CT molecular complexity index is 808. The molecule has 0 bridgehead atoms. The van der Waals surface area contributed by atoms with E-state index in [1.807, 2.05) is 60.7 Å². The van der Waals surface area contributed by atoms with Gasteiger partial charge in [0.15, 0.2) is 0 Å². The summed E-state index contributed by atoms with van der Waals surface area (Å²) in [5, 5.41) is 11.7. The molecule has 1 heterocycles. The maximum absolute atomic E-state index is 5.27. The van der Waals surface area contributed by atoms with Crippen molar-refractivity contribution in [3.8, 4) is 34.9 Å². The normalized spacial score (nSPS) is 10.0. The fourth-order valence-corrected chi connectivity index (χ4v) is 2.24. The van der Waals surface area contributed by atoms with Gasteiger partial charge in [0.05, 0.1) is 0 Å². The Morgan fingerprint density at radius 3 is 2.04 bits per heavy atom. The fourth-order valence-electron chi connectivity index (χ4n) is 2.24. The van der Waals surface area contributed by atoms with Gasteiger partial charge in [-0.25, -0.2) is 4.98 Å². The highest BCUT2D eigenvalue weighted by Crippen LogP contribution is 2.28. The van der Waals surface area contributed by atoms with Crippen molar-refractivity contribution in [1.82, 2.24) is 15.2 Å². The van der Waals surface area contributed by atoms with Crippen LogP contribution in [0.4, 0.5) is 5.95 Å². The summed E-state index contributed by atoms with van der Waals surface area (Å²) >= 11 is 0. The van der Waals surface area contributed by atoms with Gasteiger partial charge >= 0.3 is 0 Å². The lowest BCUT2D eigenvalue weighted by Gasteiger charge is -2.10. The summed E-state index contributed by atoms with van der Waals surface area (Å²) in [5.74, 6) is 3.07. The number of rotatable bonds is 5. The Morgan fingerprint density at radius 1 is 0.826 bits per heavy atom. The van der Waals surface area contributed by atoms with E-state index in [4.69, 9.17) is 6.42 Å². The summed E-state index contributed by atoms with van der Waals surface area (Å²) in [6, 6.07) is 19.9. The molecular weight excluding hydrogens is 284 g/mol. The Morgan fingerprint density at radius 2 is 1.43 bits per heavy atom. The molecule has 0 saturated heterocycles. The van der Waals surface area contributed by atoms with Crippen LogP contribution in [0.3, 0.4) is 0 Å². The third kappa shape index (κ3) is 3.53. The Balaban J connectivity index is 2.04. The summed E-state index contributed by atoms with van der Waals surface area (Å²) in [6.45, 7) is 0.622. The molecule has 0 aliphatic heterocycles. The standard InChI is InChI=1S/C19H16N4/c1-2-3-14-20-19-21-17(15-10-6-4-7-11-15)18(22-23-19)16-12-8-5-9-13-16/h1,4-13H,3,14H2,(H,20,21,23). The van der Waals surface area contributed by atoms with Gasteiger partial charge < -0.3 is 5.32 Å². The summed E-state index contributed by atoms with van der Waals surface area (Å²) in [6.07, 6.45) is 5.88. The molecule has 2 aromatic carbocycles. The highest BCUT2D eigenvalue weighted by Gasteiger charge is 2.12. The third-order valence-corrected chi connectivity index (χ3v) is 3.33. The predicted octanol–water partition coefficient (Wildman–Crippen LogP) is 3.64. The predicted molar refractivity (Wildman–Crippen MR) is 92.6 cm³/mol. The van der Waals surface area contributed by atoms with Crippen LogP contribution in [0.2, 0.25) is 0 Å². The van der Waals surface area contributed by atoms with Gasteiger partial charge in [-0.3, -0.25) is 0 Å². The largest absolute Gasteiger partial charge is 0.352 e. The van der Waals surface area contributed by atoms with Crippen molar-refractivity contribution >= 4 is 5.95 Å². The first-order chi connectivity index (χ1) is 11.4. The molecule has 0 aliphatic rings. The third-order valence-electron chi connectivity index (χ3n) is 3.33. The van der Waals surface area contributed by atoms with E-state index in [0.717, 1.165) is 22.5 Å². The quantitative estimate of drug-likeness (QED) is 0.577. The number of nitrogens with zero attached hydrogens (tertiary/aromatic N) is 3. The first-order valence-corrected chi connectivity index (χ1v) is 7.41. The molecule has 1 N–H and O–H groups in total. The first-order valence-electron chi connectivity index (χ1n) is 7.41. The van der Waals surface area contributed by atoms with Crippen LogP contribution in [-0.2, 0) is 0 Å². The first kappa shape index (κ1) is 14.7. The van der Waals surface area contributed by atoms with E-state index in [-0.39, 0.29) is 0 Å². The number of anilines is 1. The van der Waals surface area contributed by atoms with E-state index in [1.165, 1.54) is 0 Å². The van der Waals surface area contributed by atoms with E-state index >= 15 is 0 Å². The van der Waals surface area contributed by atoms with Gasteiger partial charge in [-0.2, -0.15) is 0 Å². The number of aromatic nitrogens is 3. The van der Waals surface area contributed by atoms with Gasteiger partial charge in [-0.05, 0) is 0 Å². The summed E-state index contributed by atoms with van der Waals surface area (Å²) < 4.78 is 0. The highest BCUT2D eigenvalue weighted by molar-refractivity contribution is 5.77. The fraction of sp³-hybridized carbons (Fsp3) is 0.105. The van der Waals surface area contributed by atoms with Gasteiger partial charge in [0, 0.05) is 24.1 Å². The molecule has 0 atom stereocenters. The molecule has 0 unspecified atom stereocenters. The number of nitrogens with one attached hydrogen (secondary N) is 1. The molecule has 1 aromatic heterocycles. The van der Waals surface area contributed by atoms with Crippen LogP contribution in [0.5, 0.6) is 0 Å². The van der Waals surface area contributed by atoms with Crippen molar-refractivity contribution in [1.29, 1.82) is 0 Å². The van der Waals surface area contributed by atoms with Crippen molar-refractivity contribution in [3.63, 3.8) is 0 Å². The molecule has 4 heteroatoms. The molecule has 3 aromatic rings. The van der Waals surface area contributed by atoms with Gasteiger partial charge in [0.25, 0.3) is 0 Å². The molecule has 23 heavy (non-hydrogen) atoms. The van der Waals surface area contributed by atoms with Crippen molar-refractivity contribution in [2.24, 2.45) is 0 Å². The van der Waals surface area contributed by atoms with Crippen molar-refractivity contribution in [2.75, 3.05) is 11.9 Å². The van der Waals surface area contributed by atoms with Gasteiger partial charge in [-0.15, -0.1) is 22.5 Å². The second kappa shape index (κ2) is 7.19. The van der Waals surface area contributed by atoms with Crippen LogP contribution in [0.25, 0.3) is 22.5 Å². The van der Waals surface area contributed by atoms with Crippen LogP contribution in [0, 0.1) is 12.3 Å². The average Bonchev–Trinajstić information content (AvgIpc) is 2.63. The van der Waals surface area contributed by atoms with E-state index < -0.39 is 0 Å². The van der Waals surface area contributed by atoms with E-state index in [9.17, 15) is 0 Å². The van der Waals surface area contributed by atoms with Gasteiger partial charge in [0.1, 0.15) is 11.4 Å². The minimum atomic E-state index is 0.485. The smallest absolute Gasteiger partial charge is 0.243 e. The molecule has 0 aliphatic carbocycles. The average molecular weight is 300 g/mol. The second-order valence-electron chi connectivity index (χ2n) is 4.95. The zero-order valence-corrected chi connectivity index (χ0v) is 12.6. The lowest BCUT2D eigenvalue weighted by atomic mass is 10.0. The van der Waals surface area contributed by atoms with Crippen LogP contribution < -0.4 is 5.32 Å². The summed E-state index contributed by atoms with van der Waals surface area (Å²) in [7, 11) is 0. The Kier molecular flexibility index (Phi) is 4.61. The second-order valence-corrected chi connectivity index (χ2v) is 4.95. The van der Waals surface area contributed by atoms with Crippen LogP contribution >= 0.6 is 0 Å². The molecule has 0 amide bonds. The lowest BCUT2D eigenvalue weighted by Crippen LogP contribution is -2.07. The molecule has 0 fully saturated rings. The molecule has 4 nitrogen and oxygen atoms in total. The number of hydrogen-bond acceptors (Lipinski definition) is 4. The van der Waals surface area contributed by atoms with Crippen molar-refractivity contribution in [2.45, 2.75) is 6.42 Å². The molecule has 0 saturated carbocycles. The SMILES string of the molecule is C#CCCNc1nnc(-c2ccccc2)c(-c2ccccc2)n1. The minimum Gasteiger partial charge on any atom is -0.352 e. The number of terminal acetylenes is 1. The summed E-state index contributed by atoms with van der Waals surface area (Å²) in [4.78, 5) is 4.64. The lowest BCUT2D eigenvalue weighted by molar-refractivity contribution is 0.950. The van der Waals surface area contributed by atoms with E-state index in [0.29, 0.717) is 18.9 Å². The number of benzene rings is 2. The maximum Gasteiger partial charge on any atom is 0.243 e. The van der Waals surface area contributed by atoms with Gasteiger partial charge in [-0.1, -0.05) is 60.7 Å². The van der Waals surface area contributed by atoms with Crippen LogP contribution in [0.15, 0.2) is 60.7 Å². The zero-order chi connectivity index (χ0) is 15.9. The van der Waals surface area contributed by atoms with E-state index in [1.54, 1.807) is 0 Å². The molecule has 0 radical (unpaired) electrons. The maximum atomic E-state index is 5.27.